The Hall–Kier alpha value is -1.54. The molecule has 2 aromatic carbocycles. The van der Waals surface area contributed by atoms with Crippen LogP contribution >= 0.6 is 0 Å². The lowest BCUT2D eigenvalue weighted by atomic mass is 9.98. The predicted molar refractivity (Wildman–Crippen MR) is 91.8 cm³/mol. The van der Waals surface area contributed by atoms with Gasteiger partial charge in [0.2, 0.25) is 0 Å². The minimum atomic E-state index is 0.298. The number of hydrogen-bond acceptors (Lipinski definition) is 2. The summed E-state index contributed by atoms with van der Waals surface area (Å²) in [6, 6.07) is 15.5. The van der Waals surface area contributed by atoms with Gasteiger partial charge >= 0.3 is 0 Å². The standard InChI is InChI=1S/C19H26N2/c1-2-21(14-18(20)16-9-3-4-10-16)19-13-7-11-15-8-5-6-12-17(15)19/h5-8,11-13,16,18H,2-4,9-10,14,20H2,1H3. The molecule has 0 radical (unpaired) electrons. The second-order valence-electron chi connectivity index (χ2n) is 6.25. The Kier molecular flexibility index (Phi) is 4.45. The zero-order valence-electron chi connectivity index (χ0n) is 13.0. The quantitative estimate of drug-likeness (QED) is 0.891. The molecular formula is C19H26N2. The number of fused-ring (bicyclic) bond motifs is 1. The molecule has 1 atom stereocenters. The third-order valence-corrected chi connectivity index (χ3v) is 4.93. The molecule has 0 saturated heterocycles. The van der Waals surface area contributed by atoms with Gasteiger partial charge in [0.15, 0.2) is 0 Å². The summed E-state index contributed by atoms with van der Waals surface area (Å²) < 4.78 is 0. The van der Waals surface area contributed by atoms with Gasteiger partial charge in [-0.2, -0.15) is 0 Å². The summed E-state index contributed by atoms with van der Waals surface area (Å²) in [4.78, 5) is 2.45. The van der Waals surface area contributed by atoms with Gasteiger partial charge in [-0.3, -0.25) is 0 Å². The largest absolute Gasteiger partial charge is 0.370 e. The molecule has 2 aromatic rings. The molecule has 1 unspecified atom stereocenters. The van der Waals surface area contributed by atoms with Crippen molar-refractivity contribution in [3.05, 3.63) is 42.5 Å². The lowest BCUT2D eigenvalue weighted by Gasteiger charge is -2.30. The van der Waals surface area contributed by atoms with E-state index < -0.39 is 0 Å². The highest BCUT2D eigenvalue weighted by molar-refractivity contribution is 5.94. The van der Waals surface area contributed by atoms with Gasteiger partial charge in [-0.25, -0.2) is 0 Å². The van der Waals surface area contributed by atoms with Crippen molar-refractivity contribution in [1.82, 2.24) is 0 Å². The number of nitrogens with zero attached hydrogens (tertiary/aromatic N) is 1. The summed E-state index contributed by atoms with van der Waals surface area (Å²) in [5.41, 5.74) is 7.82. The van der Waals surface area contributed by atoms with Gasteiger partial charge in [-0.05, 0) is 37.1 Å². The summed E-state index contributed by atoms with van der Waals surface area (Å²) in [6.45, 7) is 4.20. The van der Waals surface area contributed by atoms with Gasteiger partial charge in [-0.1, -0.05) is 49.2 Å². The lowest BCUT2D eigenvalue weighted by Crippen LogP contribution is -2.41. The van der Waals surface area contributed by atoms with Crippen LogP contribution < -0.4 is 10.6 Å². The monoisotopic (exact) mass is 282 g/mol. The molecule has 2 nitrogen and oxygen atoms in total. The molecule has 1 saturated carbocycles. The highest BCUT2D eigenvalue weighted by atomic mass is 15.1. The molecular weight excluding hydrogens is 256 g/mol. The number of benzene rings is 2. The predicted octanol–water partition coefficient (Wildman–Crippen LogP) is 4.18. The van der Waals surface area contributed by atoms with Crippen LogP contribution in [0.2, 0.25) is 0 Å². The normalized spacial score (nSPS) is 17.2. The fraction of sp³-hybridized carbons (Fsp3) is 0.474. The first kappa shape index (κ1) is 14.4. The molecule has 0 amide bonds. The van der Waals surface area contributed by atoms with E-state index in [1.165, 1.54) is 42.1 Å². The number of rotatable bonds is 5. The molecule has 2 heteroatoms. The third-order valence-electron chi connectivity index (χ3n) is 4.93. The van der Waals surface area contributed by atoms with Crippen LogP contribution in [-0.4, -0.2) is 19.1 Å². The SMILES string of the molecule is CCN(CC(N)C1CCCC1)c1cccc2ccccc12. The number of anilines is 1. The topological polar surface area (TPSA) is 29.3 Å². The summed E-state index contributed by atoms with van der Waals surface area (Å²) in [5, 5.41) is 2.64. The summed E-state index contributed by atoms with van der Waals surface area (Å²) in [6.07, 6.45) is 5.35. The summed E-state index contributed by atoms with van der Waals surface area (Å²) in [7, 11) is 0. The van der Waals surface area contributed by atoms with Crippen molar-refractivity contribution in [2.45, 2.75) is 38.6 Å². The maximum atomic E-state index is 6.50. The third kappa shape index (κ3) is 3.06. The van der Waals surface area contributed by atoms with Crippen molar-refractivity contribution in [2.75, 3.05) is 18.0 Å². The lowest BCUT2D eigenvalue weighted by molar-refractivity contribution is 0.429. The second kappa shape index (κ2) is 6.48. The molecule has 112 valence electrons. The van der Waals surface area contributed by atoms with Gasteiger partial charge in [0.05, 0.1) is 0 Å². The molecule has 1 fully saturated rings. The van der Waals surface area contributed by atoms with E-state index >= 15 is 0 Å². The first-order valence-corrected chi connectivity index (χ1v) is 8.28. The zero-order valence-corrected chi connectivity index (χ0v) is 13.0. The molecule has 0 aliphatic heterocycles. The van der Waals surface area contributed by atoms with Gasteiger partial charge in [0.25, 0.3) is 0 Å². The minimum absolute atomic E-state index is 0.298. The Labute approximate surface area is 127 Å². The Bertz CT molecular complexity index is 582. The second-order valence-corrected chi connectivity index (χ2v) is 6.25. The van der Waals surface area contributed by atoms with Crippen molar-refractivity contribution < 1.29 is 0 Å². The van der Waals surface area contributed by atoms with E-state index in [0.717, 1.165) is 13.1 Å². The van der Waals surface area contributed by atoms with E-state index in [2.05, 4.69) is 54.3 Å². The summed E-state index contributed by atoms with van der Waals surface area (Å²) in [5.74, 6) is 0.717. The van der Waals surface area contributed by atoms with Crippen LogP contribution in [0.25, 0.3) is 10.8 Å². The van der Waals surface area contributed by atoms with E-state index in [1.807, 2.05) is 0 Å². The Morgan fingerprint density at radius 3 is 2.57 bits per heavy atom. The minimum Gasteiger partial charge on any atom is -0.370 e. The van der Waals surface area contributed by atoms with Gasteiger partial charge in [0, 0.05) is 30.2 Å². The van der Waals surface area contributed by atoms with Crippen LogP contribution in [0.3, 0.4) is 0 Å². The Morgan fingerprint density at radius 1 is 1.10 bits per heavy atom. The van der Waals surface area contributed by atoms with E-state index in [-0.39, 0.29) is 0 Å². The highest BCUT2D eigenvalue weighted by Crippen LogP contribution is 2.30. The Morgan fingerprint density at radius 2 is 1.81 bits per heavy atom. The van der Waals surface area contributed by atoms with Gasteiger partial charge in [0.1, 0.15) is 0 Å². The van der Waals surface area contributed by atoms with Crippen LogP contribution in [-0.2, 0) is 0 Å². The first-order chi connectivity index (χ1) is 10.3. The average molecular weight is 282 g/mol. The average Bonchev–Trinajstić information content (AvgIpc) is 3.06. The molecule has 0 aromatic heterocycles. The Balaban J connectivity index is 1.84. The summed E-state index contributed by atoms with van der Waals surface area (Å²) >= 11 is 0. The zero-order chi connectivity index (χ0) is 14.7. The van der Waals surface area contributed by atoms with Gasteiger partial charge < -0.3 is 10.6 Å². The molecule has 0 spiro atoms. The molecule has 2 N–H and O–H groups in total. The van der Waals surface area contributed by atoms with E-state index in [0.29, 0.717) is 12.0 Å². The van der Waals surface area contributed by atoms with Crippen molar-refractivity contribution in [1.29, 1.82) is 0 Å². The fourth-order valence-electron chi connectivity index (χ4n) is 3.67. The fourth-order valence-corrected chi connectivity index (χ4v) is 3.67. The van der Waals surface area contributed by atoms with Crippen LogP contribution in [0, 0.1) is 5.92 Å². The number of hydrogen-bond donors (Lipinski definition) is 1. The van der Waals surface area contributed by atoms with E-state index in [4.69, 9.17) is 5.73 Å². The van der Waals surface area contributed by atoms with E-state index in [1.54, 1.807) is 0 Å². The molecule has 3 rings (SSSR count). The molecule has 21 heavy (non-hydrogen) atoms. The first-order valence-electron chi connectivity index (χ1n) is 8.28. The maximum Gasteiger partial charge on any atom is 0.0446 e. The molecule has 0 bridgehead atoms. The van der Waals surface area contributed by atoms with Crippen molar-refractivity contribution in [3.8, 4) is 0 Å². The smallest absolute Gasteiger partial charge is 0.0446 e. The van der Waals surface area contributed by atoms with Crippen LogP contribution in [0.15, 0.2) is 42.5 Å². The highest BCUT2D eigenvalue weighted by Gasteiger charge is 2.24. The van der Waals surface area contributed by atoms with Gasteiger partial charge in [-0.15, -0.1) is 0 Å². The number of likely N-dealkylation sites (N-methyl/N-ethyl adjacent to an activating group) is 1. The van der Waals surface area contributed by atoms with Crippen molar-refractivity contribution in [3.63, 3.8) is 0 Å². The molecule has 1 aliphatic carbocycles. The number of nitrogens with two attached hydrogens (primary N) is 1. The van der Waals surface area contributed by atoms with E-state index in [9.17, 15) is 0 Å². The van der Waals surface area contributed by atoms with Crippen molar-refractivity contribution >= 4 is 16.5 Å². The van der Waals surface area contributed by atoms with Crippen LogP contribution in [0.5, 0.6) is 0 Å². The molecule has 1 aliphatic rings. The van der Waals surface area contributed by atoms with Crippen LogP contribution in [0.1, 0.15) is 32.6 Å². The maximum absolute atomic E-state index is 6.50. The van der Waals surface area contributed by atoms with Crippen molar-refractivity contribution in [2.24, 2.45) is 11.7 Å². The van der Waals surface area contributed by atoms with Crippen LogP contribution in [0.4, 0.5) is 5.69 Å². The molecule has 0 heterocycles.